The molecular formula is C17H21NO3S. The number of benzene rings is 1. The lowest BCUT2D eigenvalue weighted by atomic mass is 9.88. The van der Waals surface area contributed by atoms with Crippen molar-refractivity contribution in [2.45, 2.75) is 45.1 Å². The van der Waals surface area contributed by atoms with E-state index < -0.39 is 11.5 Å². The first kappa shape index (κ1) is 16.5. The third-order valence-corrected chi connectivity index (χ3v) is 5.17. The lowest BCUT2D eigenvalue weighted by molar-refractivity contribution is -0.139. The van der Waals surface area contributed by atoms with Gasteiger partial charge in [-0.05, 0) is 35.2 Å². The van der Waals surface area contributed by atoms with Crippen LogP contribution in [0.3, 0.4) is 0 Å². The summed E-state index contributed by atoms with van der Waals surface area (Å²) in [7, 11) is 0. The van der Waals surface area contributed by atoms with Gasteiger partial charge >= 0.3 is 5.97 Å². The highest BCUT2D eigenvalue weighted by Crippen LogP contribution is 2.26. The summed E-state index contributed by atoms with van der Waals surface area (Å²) in [6.07, 6.45) is 1.44. The van der Waals surface area contributed by atoms with Crippen molar-refractivity contribution in [3.8, 4) is 0 Å². The first-order valence-corrected chi connectivity index (χ1v) is 8.35. The van der Waals surface area contributed by atoms with Gasteiger partial charge in [0.1, 0.15) is 0 Å². The van der Waals surface area contributed by atoms with Crippen LogP contribution in [0.25, 0.3) is 10.1 Å². The van der Waals surface area contributed by atoms with Gasteiger partial charge in [0, 0.05) is 10.2 Å². The van der Waals surface area contributed by atoms with Crippen LogP contribution in [0.4, 0.5) is 0 Å². The van der Waals surface area contributed by atoms with E-state index in [1.807, 2.05) is 43.5 Å². The molecule has 0 aliphatic carbocycles. The molecule has 0 aliphatic rings. The highest BCUT2D eigenvalue weighted by Gasteiger charge is 2.31. The van der Waals surface area contributed by atoms with E-state index >= 15 is 0 Å². The zero-order chi connectivity index (χ0) is 16.2. The Hall–Kier alpha value is -1.88. The summed E-state index contributed by atoms with van der Waals surface area (Å²) < 4.78 is 1.16. The minimum absolute atomic E-state index is 0.0455. The van der Waals surface area contributed by atoms with Crippen LogP contribution in [-0.4, -0.2) is 22.5 Å². The fourth-order valence-electron chi connectivity index (χ4n) is 2.69. The molecule has 1 heterocycles. The number of aliphatic carboxylic acids is 1. The number of carboxylic acids is 1. The van der Waals surface area contributed by atoms with E-state index in [2.05, 4.69) is 5.32 Å². The zero-order valence-electron chi connectivity index (χ0n) is 12.9. The van der Waals surface area contributed by atoms with Crippen LogP contribution in [-0.2, 0) is 16.0 Å². The number of carbonyl (C=O) groups excluding carboxylic acids is 1. The van der Waals surface area contributed by atoms with Crippen molar-refractivity contribution in [1.82, 2.24) is 5.32 Å². The maximum absolute atomic E-state index is 12.4. The minimum atomic E-state index is -0.884. The first-order valence-electron chi connectivity index (χ1n) is 7.47. The number of nitrogens with one attached hydrogen (secondary N) is 1. The standard InChI is InChI=1S/C17H21NO3S/c1-3-17(4-2,10-16(20)21)18-15(19)9-12-11-22-14-8-6-5-7-13(12)14/h5-8,11H,3-4,9-10H2,1-2H3,(H,18,19)(H,20,21). The summed E-state index contributed by atoms with van der Waals surface area (Å²) in [4.78, 5) is 23.4. The molecule has 0 radical (unpaired) electrons. The Labute approximate surface area is 134 Å². The Kier molecular flexibility index (Phi) is 5.19. The molecule has 4 nitrogen and oxygen atoms in total. The van der Waals surface area contributed by atoms with Crippen molar-refractivity contribution in [3.63, 3.8) is 0 Å². The van der Waals surface area contributed by atoms with Gasteiger partial charge in [-0.15, -0.1) is 11.3 Å². The van der Waals surface area contributed by atoms with Gasteiger partial charge in [0.15, 0.2) is 0 Å². The van der Waals surface area contributed by atoms with Gasteiger partial charge in [-0.3, -0.25) is 9.59 Å². The van der Waals surface area contributed by atoms with Crippen molar-refractivity contribution in [2.24, 2.45) is 0 Å². The highest BCUT2D eigenvalue weighted by atomic mass is 32.1. The lowest BCUT2D eigenvalue weighted by Crippen LogP contribution is -2.49. The molecule has 0 fully saturated rings. The molecule has 0 saturated carbocycles. The zero-order valence-corrected chi connectivity index (χ0v) is 13.7. The molecule has 0 aliphatic heterocycles. The van der Waals surface area contributed by atoms with Gasteiger partial charge in [0.05, 0.1) is 12.8 Å². The summed E-state index contributed by atoms with van der Waals surface area (Å²) in [6, 6.07) is 7.99. The third-order valence-electron chi connectivity index (χ3n) is 4.16. The van der Waals surface area contributed by atoms with Crippen LogP contribution in [0.5, 0.6) is 0 Å². The summed E-state index contributed by atoms with van der Waals surface area (Å²) in [5.74, 6) is -1.00. The van der Waals surface area contributed by atoms with Gasteiger partial charge < -0.3 is 10.4 Å². The maximum atomic E-state index is 12.4. The molecule has 0 unspecified atom stereocenters. The van der Waals surface area contributed by atoms with E-state index in [-0.39, 0.29) is 18.7 Å². The normalized spacial score (nSPS) is 11.5. The van der Waals surface area contributed by atoms with E-state index in [0.717, 1.165) is 15.6 Å². The quantitative estimate of drug-likeness (QED) is 0.819. The molecule has 1 aromatic heterocycles. The van der Waals surface area contributed by atoms with Crippen molar-refractivity contribution < 1.29 is 14.7 Å². The molecule has 22 heavy (non-hydrogen) atoms. The average molecular weight is 319 g/mol. The molecular weight excluding hydrogens is 298 g/mol. The third kappa shape index (κ3) is 3.65. The van der Waals surface area contributed by atoms with Gasteiger partial charge in [-0.2, -0.15) is 0 Å². The van der Waals surface area contributed by atoms with Gasteiger partial charge in [0.2, 0.25) is 5.91 Å². The fourth-order valence-corrected chi connectivity index (χ4v) is 3.66. The minimum Gasteiger partial charge on any atom is -0.481 e. The lowest BCUT2D eigenvalue weighted by Gasteiger charge is -2.31. The highest BCUT2D eigenvalue weighted by molar-refractivity contribution is 7.17. The Morgan fingerprint density at radius 2 is 1.91 bits per heavy atom. The van der Waals surface area contributed by atoms with Crippen LogP contribution in [0.15, 0.2) is 29.6 Å². The van der Waals surface area contributed by atoms with E-state index in [9.17, 15) is 9.59 Å². The van der Waals surface area contributed by atoms with E-state index in [4.69, 9.17) is 5.11 Å². The SMILES string of the molecule is CCC(CC)(CC(=O)O)NC(=O)Cc1csc2ccccc12. The van der Waals surface area contributed by atoms with Gasteiger partial charge in [-0.25, -0.2) is 0 Å². The number of rotatable bonds is 7. The summed E-state index contributed by atoms with van der Waals surface area (Å²) in [5.41, 5.74) is 0.337. The molecule has 2 rings (SSSR count). The van der Waals surface area contributed by atoms with Crippen molar-refractivity contribution in [2.75, 3.05) is 0 Å². The van der Waals surface area contributed by atoms with E-state index in [1.165, 1.54) is 0 Å². The molecule has 0 bridgehead atoms. The molecule has 2 aromatic rings. The predicted molar refractivity (Wildman–Crippen MR) is 89.2 cm³/mol. The summed E-state index contributed by atoms with van der Waals surface area (Å²) >= 11 is 1.62. The fraction of sp³-hybridized carbons (Fsp3) is 0.412. The van der Waals surface area contributed by atoms with Crippen molar-refractivity contribution >= 4 is 33.3 Å². The molecule has 1 amide bonds. The largest absolute Gasteiger partial charge is 0.481 e. The van der Waals surface area contributed by atoms with E-state index in [1.54, 1.807) is 11.3 Å². The second kappa shape index (κ2) is 6.92. The van der Waals surface area contributed by atoms with Crippen LogP contribution in [0, 0.1) is 0 Å². The van der Waals surface area contributed by atoms with Gasteiger partial charge in [-0.1, -0.05) is 32.0 Å². The summed E-state index contributed by atoms with van der Waals surface area (Å²) in [6.45, 7) is 3.82. The predicted octanol–water partition coefficient (Wildman–Crippen LogP) is 3.59. The smallest absolute Gasteiger partial charge is 0.305 e. The number of thiophene rings is 1. The maximum Gasteiger partial charge on any atom is 0.305 e. The van der Waals surface area contributed by atoms with Crippen LogP contribution in [0.2, 0.25) is 0 Å². The molecule has 0 saturated heterocycles. The topological polar surface area (TPSA) is 66.4 Å². The number of hydrogen-bond acceptors (Lipinski definition) is 3. The van der Waals surface area contributed by atoms with Crippen molar-refractivity contribution in [1.29, 1.82) is 0 Å². The molecule has 0 spiro atoms. The second-order valence-electron chi connectivity index (χ2n) is 5.54. The van der Waals surface area contributed by atoms with Gasteiger partial charge in [0.25, 0.3) is 0 Å². The van der Waals surface area contributed by atoms with E-state index in [0.29, 0.717) is 12.8 Å². The van der Waals surface area contributed by atoms with Crippen LogP contribution < -0.4 is 5.32 Å². The number of carboxylic acid groups (broad SMARTS) is 1. The summed E-state index contributed by atoms with van der Waals surface area (Å²) in [5, 5.41) is 15.1. The Morgan fingerprint density at radius 3 is 2.55 bits per heavy atom. The van der Waals surface area contributed by atoms with Crippen LogP contribution in [0.1, 0.15) is 38.7 Å². The average Bonchev–Trinajstić information content (AvgIpc) is 2.89. The second-order valence-corrected chi connectivity index (χ2v) is 6.45. The van der Waals surface area contributed by atoms with Crippen molar-refractivity contribution in [3.05, 3.63) is 35.2 Å². The first-order chi connectivity index (χ1) is 10.5. The molecule has 1 aromatic carbocycles. The number of carbonyl (C=O) groups is 2. The monoisotopic (exact) mass is 319 g/mol. The van der Waals surface area contributed by atoms with Crippen LogP contribution >= 0.6 is 11.3 Å². The number of hydrogen-bond donors (Lipinski definition) is 2. The molecule has 0 atom stereocenters. The molecule has 2 N–H and O–H groups in total. The Bertz CT molecular complexity index is 673. The Balaban J connectivity index is 2.12. The number of amides is 1. The molecule has 5 heteroatoms. The molecule has 118 valence electrons. The Morgan fingerprint density at radius 1 is 1.23 bits per heavy atom. The number of fused-ring (bicyclic) bond motifs is 1.